The van der Waals surface area contributed by atoms with Crippen LogP contribution in [-0.4, -0.2) is 95.9 Å². The summed E-state index contributed by atoms with van der Waals surface area (Å²) in [6.07, 6.45) is 11.6. The lowest BCUT2D eigenvalue weighted by Crippen LogP contribution is -2.40. The van der Waals surface area contributed by atoms with Crippen molar-refractivity contribution in [2.24, 2.45) is 7.05 Å². The number of nitriles is 1. The molecule has 0 unspecified atom stereocenters. The number of benzene rings is 2. The Morgan fingerprint density at radius 3 is 2.56 bits per heavy atom. The quantitative estimate of drug-likeness (QED) is 0.151. The zero-order chi connectivity index (χ0) is 42.7. The van der Waals surface area contributed by atoms with Gasteiger partial charge in [0.2, 0.25) is 5.91 Å². The summed E-state index contributed by atoms with van der Waals surface area (Å²) in [5, 5.41) is 32.8. The number of hydrogen-bond acceptors (Lipinski definition) is 11. The molecule has 3 aliphatic rings. The topological polar surface area (TPSA) is 169 Å². The number of nitrogens with one attached hydrogen (secondary N) is 1. The van der Waals surface area contributed by atoms with Gasteiger partial charge in [-0.1, -0.05) is 29.8 Å². The smallest absolute Gasteiger partial charge is 0.272 e. The fourth-order valence-corrected chi connectivity index (χ4v) is 9.06. The van der Waals surface area contributed by atoms with E-state index in [1.165, 1.54) is 5.69 Å². The van der Waals surface area contributed by atoms with Crippen LogP contribution in [-0.2, 0) is 36.1 Å². The zero-order valence-corrected chi connectivity index (χ0v) is 35.6. The molecule has 16 heteroatoms. The molecule has 0 radical (unpaired) electrons. The molecule has 15 nitrogen and oxygen atoms in total. The molecular weight excluding hydrogens is 806 g/mol. The highest BCUT2D eigenvalue weighted by Gasteiger charge is 2.28. The molecule has 62 heavy (non-hydrogen) atoms. The van der Waals surface area contributed by atoms with E-state index in [1.807, 2.05) is 52.0 Å². The van der Waals surface area contributed by atoms with Gasteiger partial charge in [-0.2, -0.15) is 15.5 Å². The molecule has 1 saturated heterocycles. The molecule has 2 aliphatic heterocycles. The maximum absolute atomic E-state index is 13.0. The Morgan fingerprint density at radius 2 is 1.81 bits per heavy atom. The average molecular weight is 854 g/mol. The van der Waals surface area contributed by atoms with Gasteiger partial charge >= 0.3 is 0 Å². The predicted molar refractivity (Wildman–Crippen MR) is 233 cm³/mol. The lowest BCUT2D eigenvalue weighted by Gasteiger charge is -2.32. The Bertz CT molecular complexity index is 2640. The minimum absolute atomic E-state index is 0.0237. The Labute approximate surface area is 364 Å². The summed E-state index contributed by atoms with van der Waals surface area (Å²) >= 11 is 6.15. The van der Waals surface area contributed by atoms with Crippen LogP contribution in [0.5, 0.6) is 5.75 Å². The number of ether oxygens (including phenoxy) is 2. The van der Waals surface area contributed by atoms with Gasteiger partial charge in [0.05, 0.1) is 53.5 Å². The number of carbonyl (C=O) groups is 2. The number of halogens is 1. The van der Waals surface area contributed by atoms with Crippen molar-refractivity contribution in [2.75, 3.05) is 31.1 Å². The van der Waals surface area contributed by atoms with Gasteiger partial charge in [-0.05, 0) is 74.2 Å². The first-order valence-corrected chi connectivity index (χ1v) is 21.7. The van der Waals surface area contributed by atoms with Crippen molar-refractivity contribution in [3.63, 3.8) is 0 Å². The van der Waals surface area contributed by atoms with Crippen LogP contribution in [0.1, 0.15) is 72.8 Å². The molecule has 1 aliphatic carbocycles. The van der Waals surface area contributed by atoms with Gasteiger partial charge in [-0.15, -0.1) is 10.2 Å². The number of anilines is 1. The summed E-state index contributed by atoms with van der Waals surface area (Å²) in [4.78, 5) is 34.1. The van der Waals surface area contributed by atoms with E-state index in [9.17, 15) is 9.59 Å². The number of fused-ring (bicyclic) bond motifs is 2. The van der Waals surface area contributed by atoms with Crippen molar-refractivity contribution in [3.05, 3.63) is 101 Å². The summed E-state index contributed by atoms with van der Waals surface area (Å²) in [5.74, 6) is 1.25. The normalized spacial score (nSPS) is 18.0. The second kappa shape index (κ2) is 17.9. The fourth-order valence-electron chi connectivity index (χ4n) is 8.85. The Morgan fingerprint density at radius 1 is 0.968 bits per heavy atom. The standard InChI is InChI=1S/C46H48ClN11O4/c1-29(59)57-19-16-43-39(28-57)45(54-55(43)2)37-5-3-4-30-22-42(49-26-38(30)37)32-25-50-58(27-32)20-21-61-34-14-17-56(18-15-34)44-13-12-41(52-53-44)46(60)51-33-7-10-35(11-8-33)62-36-9-6-31(24-48)40(47)23-36/h3-6,9,12-13,22-23,25-27,33-35H,7-8,10-11,14-21,28H2,1-2H3,(H,51,60). The number of piperidine rings is 1. The van der Waals surface area contributed by atoms with E-state index in [0.29, 0.717) is 48.3 Å². The van der Waals surface area contributed by atoms with E-state index in [0.717, 1.165) is 103 Å². The summed E-state index contributed by atoms with van der Waals surface area (Å²) in [7, 11) is 1.98. The average Bonchev–Trinajstić information content (AvgIpc) is 3.91. The molecule has 2 aromatic carbocycles. The van der Waals surface area contributed by atoms with Gasteiger partial charge in [-0.25, -0.2) is 0 Å². The van der Waals surface area contributed by atoms with E-state index in [4.69, 9.17) is 36.4 Å². The fraction of sp³-hybridized carbons (Fsp3) is 0.391. The molecule has 2 amide bonds. The molecule has 318 valence electrons. The molecule has 1 N–H and O–H groups in total. The molecule has 9 rings (SSSR count). The van der Waals surface area contributed by atoms with Crippen LogP contribution in [0.2, 0.25) is 5.02 Å². The molecule has 0 bridgehead atoms. The van der Waals surface area contributed by atoms with Crippen LogP contribution in [0.15, 0.2) is 73.2 Å². The molecule has 1 saturated carbocycles. The minimum Gasteiger partial charge on any atom is -0.490 e. The molecule has 6 aromatic rings. The van der Waals surface area contributed by atoms with E-state index >= 15 is 0 Å². The first kappa shape index (κ1) is 41.0. The third-order valence-corrected chi connectivity index (χ3v) is 12.6. The summed E-state index contributed by atoms with van der Waals surface area (Å²) in [6, 6.07) is 19.1. The highest BCUT2D eigenvalue weighted by molar-refractivity contribution is 6.31. The first-order chi connectivity index (χ1) is 30.2. The number of hydrogen-bond donors (Lipinski definition) is 1. The third kappa shape index (κ3) is 8.84. The van der Waals surface area contributed by atoms with Crippen molar-refractivity contribution < 1.29 is 19.1 Å². The zero-order valence-electron chi connectivity index (χ0n) is 34.8. The van der Waals surface area contributed by atoms with E-state index < -0.39 is 0 Å². The monoisotopic (exact) mass is 853 g/mol. The van der Waals surface area contributed by atoms with Crippen molar-refractivity contribution in [3.8, 4) is 34.3 Å². The second-order valence-electron chi connectivity index (χ2n) is 16.3. The molecule has 0 atom stereocenters. The van der Waals surface area contributed by atoms with E-state index in [-0.39, 0.29) is 30.1 Å². The summed E-state index contributed by atoms with van der Waals surface area (Å²) in [6.45, 7) is 5.63. The van der Waals surface area contributed by atoms with Gasteiger partial charge in [0.1, 0.15) is 11.8 Å². The number of carbonyl (C=O) groups excluding carboxylic acids is 2. The summed E-state index contributed by atoms with van der Waals surface area (Å²) < 4.78 is 16.2. The second-order valence-corrected chi connectivity index (χ2v) is 16.7. The maximum Gasteiger partial charge on any atom is 0.272 e. The van der Waals surface area contributed by atoms with Crippen LogP contribution in [0.4, 0.5) is 5.82 Å². The van der Waals surface area contributed by atoms with Crippen LogP contribution >= 0.6 is 11.6 Å². The molecular formula is C46H48ClN11O4. The Kier molecular flexibility index (Phi) is 11.9. The number of pyridine rings is 1. The summed E-state index contributed by atoms with van der Waals surface area (Å²) in [5.41, 5.74) is 6.70. The van der Waals surface area contributed by atoms with Gasteiger partial charge in [0.15, 0.2) is 11.5 Å². The molecule has 2 fully saturated rings. The Balaban J connectivity index is 0.720. The minimum atomic E-state index is -0.227. The molecule has 4 aromatic heterocycles. The van der Waals surface area contributed by atoms with Crippen LogP contribution < -0.4 is 15.0 Å². The van der Waals surface area contributed by atoms with Gasteiger partial charge in [0, 0.05) is 98.8 Å². The highest BCUT2D eigenvalue weighted by atomic mass is 35.5. The van der Waals surface area contributed by atoms with Crippen LogP contribution in [0.25, 0.3) is 33.3 Å². The van der Waals surface area contributed by atoms with Crippen molar-refractivity contribution in [1.82, 2.24) is 45.0 Å². The Hall–Kier alpha value is -6.37. The van der Waals surface area contributed by atoms with Gasteiger partial charge < -0.3 is 24.6 Å². The largest absolute Gasteiger partial charge is 0.490 e. The van der Waals surface area contributed by atoms with Crippen LogP contribution in [0.3, 0.4) is 0 Å². The van der Waals surface area contributed by atoms with Gasteiger partial charge in [0.25, 0.3) is 5.91 Å². The highest BCUT2D eigenvalue weighted by Crippen LogP contribution is 2.35. The number of aromatic nitrogens is 7. The van der Waals surface area contributed by atoms with E-state index in [1.54, 1.807) is 31.2 Å². The number of aryl methyl sites for hydroxylation is 1. The lowest BCUT2D eigenvalue weighted by molar-refractivity contribution is -0.129. The maximum atomic E-state index is 13.0. The van der Waals surface area contributed by atoms with Gasteiger partial charge in [-0.3, -0.25) is 23.9 Å². The SMILES string of the molecule is CC(=O)N1CCc2c(c(-c3cccc4cc(-c5cnn(CCOC6CCN(c7ccc(C(=O)NC8CCC(Oc9ccc(C#N)c(Cl)c9)CC8)nn7)CC6)c5)ncc34)nn2C)C1. The number of amides is 2. The molecule has 0 spiro atoms. The lowest BCUT2D eigenvalue weighted by atomic mass is 9.93. The van der Waals surface area contributed by atoms with Crippen LogP contribution in [0, 0.1) is 11.3 Å². The number of nitrogens with zero attached hydrogens (tertiary/aromatic N) is 10. The molecule has 6 heterocycles. The van der Waals surface area contributed by atoms with Crippen molar-refractivity contribution in [1.29, 1.82) is 5.26 Å². The predicted octanol–water partition coefficient (Wildman–Crippen LogP) is 6.52. The third-order valence-electron chi connectivity index (χ3n) is 12.3. The van der Waals surface area contributed by atoms with Crippen molar-refractivity contribution in [2.45, 2.75) is 83.2 Å². The number of rotatable bonds is 11. The first-order valence-electron chi connectivity index (χ1n) is 21.3. The van der Waals surface area contributed by atoms with Crippen molar-refractivity contribution >= 4 is 40.0 Å². The van der Waals surface area contributed by atoms with E-state index in [2.05, 4.69) is 49.8 Å².